The van der Waals surface area contributed by atoms with Gasteiger partial charge in [-0.05, 0) is 0 Å². The molecule has 0 saturated carbocycles. The lowest BCUT2D eigenvalue weighted by molar-refractivity contribution is -0.167. The molecule has 0 atom stereocenters. The first-order valence-corrected chi connectivity index (χ1v) is 6.28. The largest absolute Gasteiger partial charge is 0.471 e. The summed E-state index contributed by atoms with van der Waals surface area (Å²) in [4.78, 5) is 30.6. The van der Waals surface area contributed by atoms with Gasteiger partial charge in [0.25, 0.3) is 11.3 Å². The lowest BCUT2D eigenvalue weighted by Gasteiger charge is -2.03. The first-order valence-electron chi connectivity index (χ1n) is 6.28. The number of carbonyl (C=O) groups excluding carboxylic acids is 1. The molecule has 0 unspecified atom stereocenters. The molecular formula is C13H8F3N5O2. The fourth-order valence-corrected chi connectivity index (χ4v) is 1.87. The van der Waals surface area contributed by atoms with E-state index in [-0.39, 0.29) is 5.78 Å². The van der Waals surface area contributed by atoms with Crippen LogP contribution >= 0.6 is 0 Å². The summed E-state index contributed by atoms with van der Waals surface area (Å²) in [6, 6.07) is 9.93. The maximum absolute atomic E-state index is 12.2. The molecule has 0 spiro atoms. The van der Waals surface area contributed by atoms with E-state index in [9.17, 15) is 22.8 Å². The van der Waals surface area contributed by atoms with Gasteiger partial charge in [-0.1, -0.05) is 30.3 Å². The molecule has 118 valence electrons. The summed E-state index contributed by atoms with van der Waals surface area (Å²) in [5.41, 5.74) is 0.389. The minimum atomic E-state index is -5.06. The molecule has 3 rings (SSSR count). The van der Waals surface area contributed by atoms with Crippen LogP contribution < -0.4 is 10.9 Å². The SMILES string of the molecule is O=C(Nc1nc2nc(-c3ccccc3)cc(=O)n2[nH]1)C(F)(F)F. The number of anilines is 1. The van der Waals surface area contributed by atoms with Crippen molar-refractivity contribution in [2.75, 3.05) is 5.32 Å². The predicted octanol–water partition coefficient (Wildman–Crippen LogP) is 1.59. The van der Waals surface area contributed by atoms with Crippen LogP contribution in [0.1, 0.15) is 0 Å². The molecule has 0 aliphatic carbocycles. The Kier molecular flexibility index (Phi) is 3.36. The highest BCUT2D eigenvalue weighted by molar-refractivity contribution is 5.93. The Bertz CT molecular complexity index is 930. The smallest absolute Gasteiger partial charge is 0.287 e. The lowest BCUT2D eigenvalue weighted by atomic mass is 10.1. The fourth-order valence-electron chi connectivity index (χ4n) is 1.87. The number of carbonyl (C=O) groups is 1. The molecule has 0 radical (unpaired) electrons. The standard InChI is InChI=1S/C13H8F3N5O2/c14-13(15,16)10(23)18-11-19-12-17-8(6-9(22)21(12)20-11)7-4-2-1-3-5-7/h1-6H,(H2,17,18,19,20,23). The number of aromatic amines is 1. The highest BCUT2D eigenvalue weighted by atomic mass is 19.4. The average Bonchev–Trinajstić information content (AvgIpc) is 2.90. The number of rotatable bonds is 2. The van der Waals surface area contributed by atoms with Crippen LogP contribution in [-0.2, 0) is 4.79 Å². The Morgan fingerprint density at radius 3 is 2.52 bits per heavy atom. The van der Waals surface area contributed by atoms with Crippen molar-refractivity contribution in [1.82, 2.24) is 19.6 Å². The van der Waals surface area contributed by atoms with E-state index >= 15 is 0 Å². The van der Waals surface area contributed by atoms with Crippen LogP contribution in [0, 0.1) is 0 Å². The molecule has 23 heavy (non-hydrogen) atoms. The lowest BCUT2D eigenvalue weighted by Crippen LogP contribution is -2.30. The number of aromatic nitrogens is 4. The zero-order valence-electron chi connectivity index (χ0n) is 11.3. The van der Waals surface area contributed by atoms with Gasteiger partial charge in [0.15, 0.2) is 0 Å². The normalized spacial score (nSPS) is 11.6. The molecule has 2 heterocycles. The van der Waals surface area contributed by atoms with Crippen molar-refractivity contribution in [2.45, 2.75) is 6.18 Å². The number of halogens is 3. The van der Waals surface area contributed by atoms with Crippen molar-refractivity contribution in [3.8, 4) is 11.3 Å². The van der Waals surface area contributed by atoms with Crippen LogP contribution in [0.25, 0.3) is 17.0 Å². The third-order valence-corrected chi connectivity index (χ3v) is 2.89. The van der Waals surface area contributed by atoms with E-state index in [1.54, 1.807) is 30.3 Å². The average molecular weight is 323 g/mol. The topological polar surface area (TPSA) is 92.2 Å². The van der Waals surface area contributed by atoms with Gasteiger partial charge in [0.05, 0.1) is 5.69 Å². The van der Waals surface area contributed by atoms with Gasteiger partial charge in [-0.25, -0.2) is 4.98 Å². The van der Waals surface area contributed by atoms with Gasteiger partial charge >= 0.3 is 12.1 Å². The first kappa shape index (κ1) is 14.8. The van der Waals surface area contributed by atoms with Gasteiger partial charge in [0.1, 0.15) is 0 Å². The third kappa shape index (κ3) is 2.91. The summed E-state index contributed by atoms with van der Waals surface area (Å²) < 4.78 is 37.5. The Morgan fingerprint density at radius 1 is 1.17 bits per heavy atom. The highest BCUT2D eigenvalue weighted by Crippen LogP contribution is 2.18. The van der Waals surface area contributed by atoms with Gasteiger partial charge in [-0.2, -0.15) is 22.7 Å². The summed E-state index contributed by atoms with van der Waals surface area (Å²) in [7, 11) is 0. The molecule has 1 amide bonds. The van der Waals surface area contributed by atoms with Gasteiger partial charge in [0.2, 0.25) is 5.95 Å². The number of nitrogens with zero attached hydrogens (tertiary/aromatic N) is 3. The number of alkyl halides is 3. The fraction of sp³-hybridized carbons (Fsp3) is 0.0769. The molecule has 0 bridgehead atoms. The number of hydrogen-bond donors (Lipinski definition) is 2. The van der Waals surface area contributed by atoms with Crippen molar-refractivity contribution in [3.63, 3.8) is 0 Å². The molecule has 0 saturated heterocycles. The van der Waals surface area contributed by atoms with Gasteiger partial charge in [-0.3, -0.25) is 20.0 Å². The monoisotopic (exact) mass is 323 g/mol. The molecule has 1 aromatic carbocycles. The van der Waals surface area contributed by atoms with Crippen LogP contribution in [0.3, 0.4) is 0 Å². The number of fused-ring (bicyclic) bond motifs is 1. The number of H-pyrrole nitrogens is 1. The van der Waals surface area contributed by atoms with Crippen LogP contribution in [-0.4, -0.2) is 31.7 Å². The van der Waals surface area contributed by atoms with Crippen molar-refractivity contribution in [2.24, 2.45) is 0 Å². The maximum atomic E-state index is 12.2. The molecule has 10 heteroatoms. The van der Waals surface area contributed by atoms with Gasteiger partial charge in [-0.15, -0.1) is 0 Å². The van der Waals surface area contributed by atoms with E-state index in [2.05, 4.69) is 15.1 Å². The number of benzene rings is 1. The summed E-state index contributed by atoms with van der Waals surface area (Å²) in [5, 5.41) is 3.77. The van der Waals surface area contributed by atoms with Gasteiger partial charge < -0.3 is 0 Å². The summed E-state index contributed by atoms with van der Waals surface area (Å²) in [6.45, 7) is 0. The Hall–Kier alpha value is -3.17. The summed E-state index contributed by atoms with van der Waals surface area (Å²) in [6.07, 6.45) is -5.06. The maximum Gasteiger partial charge on any atom is 0.471 e. The quantitative estimate of drug-likeness (QED) is 0.749. The molecule has 0 aliphatic rings. The van der Waals surface area contributed by atoms with E-state index < -0.39 is 23.6 Å². The van der Waals surface area contributed by atoms with E-state index in [1.165, 1.54) is 11.4 Å². The van der Waals surface area contributed by atoms with E-state index in [0.29, 0.717) is 11.3 Å². The van der Waals surface area contributed by atoms with Crippen LogP contribution in [0.15, 0.2) is 41.2 Å². The molecule has 7 nitrogen and oxygen atoms in total. The molecule has 0 aliphatic heterocycles. The Morgan fingerprint density at radius 2 is 1.87 bits per heavy atom. The van der Waals surface area contributed by atoms with Crippen LogP contribution in [0.5, 0.6) is 0 Å². The van der Waals surface area contributed by atoms with Crippen LogP contribution in [0.2, 0.25) is 0 Å². The van der Waals surface area contributed by atoms with Crippen molar-refractivity contribution in [1.29, 1.82) is 0 Å². The van der Waals surface area contributed by atoms with E-state index in [1.807, 2.05) is 0 Å². The molecular weight excluding hydrogens is 315 g/mol. The third-order valence-electron chi connectivity index (χ3n) is 2.89. The van der Waals surface area contributed by atoms with Crippen LogP contribution in [0.4, 0.5) is 19.1 Å². The first-order chi connectivity index (χ1) is 10.8. The predicted molar refractivity (Wildman–Crippen MR) is 73.7 cm³/mol. The molecule has 3 aromatic rings. The van der Waals surface area contributed by atoms with E-state index in [0.717, 1.165) is 4.52 Å². The second kappa shape index (κ2) is 5.23. The zero-order valence-corrected chi connectivity index (χ0v) is 11.3. The second-order valence-corrected chi connectivity index (χ2v) is 4.51. The van der Waals surface area contributed by atoms with Gasteiger partial charge in [0, 0.05) is 11.6 Å². The Balaban J connectivity index is 2.02. The molecule has 0 fully saturated rings. The minimum absolute atomic E-state index is 0.158. The van der Waals surface area contributed by atoms with Crippen molar-refractivity contribution in [3.05, 3.63) is 46.8 Å². The summed E-state index contributed by atoms with van der Waals surface area (Å²) >= 11 is 0. The number of amides is 1. The Labute approximate surface area is 125 Å². The number of hydrogen-bond acceptors (Lipinski definition) is 4. The second-order valence-electron chi connectivity index (χ2n) is 4.51. The van der Waals surface area contributed by atoms with Crippen molar-refractivity contribution < 1.29 is 18.0 Å². The minimum Gasteiger partial charge on any atom is -0.287 e. The van der Waals surface area contributed by atoms with E-state index in [4.69, 9.17) is 0 Å². The summed E-state index contributed by atoms with van der Waals surface area (Å²) in [5.74, 6) is -2.89. The number of nitrogens with one attached hydrogen (secondary N) is 2. The molecule has 2 aromatic heterocycles. The zero-order chi connectivity index (χ0) is 16.6. The highest BCUT2D eigenvalue weighted by Gasteiger charge is 2.39. The molecule has 2 N–H and O–H groups in total. The van der Waals surface area contributed by atoms with Crippen molar-refractivity contribution >= 4 is 17.6 Å².